The van der Waals surface area contributed by atoms with E-state index in [9.17, 15) is 9.59 Å². The number of hydrogen-bond donors (Lipinski definition) is 5. The van der Waals surface area contributed by atoms with Crippen molar-refractivity contribution in [2.45, 2.75) is 18.5 Å². The van der Waals surface area contributed by atoms with Gasteiger partial charge in [0.15, 0.2) is 0 Å². The van der Waals surface area contributed by atoms with E-state index in [1.807, 2.05) is 0 Å². The molecule has 0 bridgehead atoms. The van der Waals surface area contributed by atoms with Gasteiger partial charge in [-0.3, -0.25) is 14.8 Å². The van der Waals surface area contributed by atoms with Gasteiger partial charge < -0.3 is 20.4 Å². The van der Waals surface area contributed by atoms with E-state index in [0.717, 1.165) is 6.92 Å². The number of hydrogen-bond acceptors (Lipinski definition) is 7. The predicted molar refractivity (Wildman–Crippen MR) is 37.1 cm³/mol. The monoisotopic (exact) mass is 207 g/mol. The van der Waals surface area contributed by atoms with E-state index in [2.05, 4.69) is 0 Å². The number of amides is 2. The van der Waals surface area contributed by atoms with E-state index >= 15 is 0 Å². The lowest BCUT2D eigenvalue weighted by Crippen LogP contribution is -2.73. The molecular formula is C6H9NO7. The molecule has 1 aliphatic heterocycles. The Morgan fingerprint density at radius 1 is 1.21 bits per heavy atom. The van der Waals surface area contributed by atoms with Gasteiger partial charge in [0.05, 0.1) is 5.92 Å². The van der Waals surface area contributed by atoms with Crippen LogP contribution in [0.5, 0.6) is 0 Å². The van der Waals surface area contributed by atoms with Gasteiger partial charge >= 0.3 is 11.7 Å². The first-order chi connectivity index (χ1) is 6.14. The molecule has 80 valence electrons. The Morgan fingerprint density at radius 3 is 2.07 bits per heavy atom. The maximum atomic E-state index is 11.0. The van der Waals surface area contributed by atoms with Crippen molar-refractivity contribution in [1.82, 2.24) is 5.06 Å². The fourth-order valence-electron chi connectivity index (χ4n) is 1.06. The minimum absolute atomic E-state index is 0.560. The highest BCUT2D eigenvalue weighted by Gasteiger charge is 2.65. The van der Waals surface area contributed by atoms with Gasteiger partial charge in [-0.2, -0.15) is 5.06 Å². The third-order valence-electron chi connectivity index (χ3n) is 2.19. The van der Waals surface area contributed by atoms with Gasteiger partial charge in [-0.25, -0.2) is 0 Å². The number of piperidine rings is 1. The van der Waals surface area contributed by atoms with Gasteiger partial charge in [0.1, 0.15) is 0 Å². The summed E-state index contributed by atoms with van der Waals surface area (Å²) in [6.45, 7) is 0.916. The van der Waals surface area contributed by atoms with Crippen molar-refractivity contribution in [3.63, 3.8) is 0 Å². The van der Waals surface area contributed by atoms with Crippen LogP contribution in [0.4, 0.5) is 0 Å². The fraction of sp³-hybridized carbons (Fsp3) is 0.667. The summed E-state index contributed by atoms with van der Waals surface area (Å²) in [4.78, 5) is 21.8. The number of nitrogens with zero attached hydrogens (tertiary/aromatic N) is 1. The van der Waals surface area contributed by atoms with E-state index in [0.29, 0.717) is 0 Å². The lowest BCUT2D eigenvalue weighted by Gasteiger charge is -2.42. The number of imide groups is 1. The van der Waals surface area contributed by atoms with Gasteiger partial charge in [-0.1, -0.05) is 0 Å². The van der Waals surface area contributed by atoms with Crippen molar-refractivity contribution < 1.29 is 35.2 Å². The zero-order chi connectivity index (χ0) is 11.3. The van der Waals surface area contributed by atoms with Crippen LogP contribution in [0.1, 0.15) is 6.92 Å². The van der Waals surface area contributed by atoms with Crippen molar-refractivity contribution in [2.75, 3.05) is 0 Å². The van der Waals surface area contributed by atoms with E-state index in [-0.39, 0.29) is 0 Å². The number of hydroxylamine groups is 2. The number of carbonyl (C=O) groups is 2. The predicted octanol–water partition coefficient (Wildman–Crippen LogP) is -3.26. The van der Waals surface area contributed by atoms with Gasteiger partial charge in [-0.05, 0) is 6.92 Å². The first-order valence-electron chi connectivity index (χ1n) is 3.60. The van der Waals surface area contributed by atoms with Crippen LogP contribution in [-0.2, 0) is 9.59 Å². The van der Waals surface area contributed by atoms with Crippen LogP contribution >= 0.6 is 0 Å². The highest BCUT2D eigenvalue weighted by Crippen LogP contribution is 2.32. The molecule has 0 aromatic rings. The van der Waals surface area contributed by atoms with E-state index in [4.69, 9.17) is 25.6 Å². The van der Waals surface area contributed by atoms with Crippen molar-refractivity contribution in [1.29, 1.82) is 0 Å². The van der Waals surface area contributed by atoms with Gasteiger partial charge in [0.25, 0.3) is 5.91 Å². The molecule has 8 nitrogen and oxygen atoms in total. The molecule has 0 spiro atoms. The molecule has 5 N–H and O–H groups in total. The standard InChI is InChI=1S/C6H9NO7/c1-2-3(8)7(14)4(9)6(12,13)5(2,10)11/h2,10-14H,1H3. The summed E-state index contributed by atoms with van der Waals surface area (Å²) in [5, 5.41) is 44.4. The molecule has 0 aliphatic carbocycles. The summed E-state index contributed by atoms with van der Waals surface area (Å²) >= 11 is 0. The Balaban J connectivity index is 3.24. The highest BCUT2D eigenvalue weighted by atomic mass is 16.6. The summed E-state index contributed by atoms with van der Waals surface area (Å²) in [5.74, 6) is -11.9. The topological polar surface area (TPSA) is 139 Å². The molecule has 1 atom stereocenters. The maximum Gasteiger partial charge on any atom is 0.319 e. The van der Waals surface area contributed by atoms with Crippen LogP contribution in [-0.4, -0.2) is 54.1 Å². The lowest BCUT2D eigenvalue weighted by molar-refractivity contribution is -0.370. The zero-order valence-corrected chi connectivity index (χ0v) is 7.08. The molecule has 0 aromatic heterocycles. The number of rotatable bonds is 0. The molecule has 1 unspecified atom stereocenters. The molecule has 1 rings (SSSR count). The molecule has 0 aromatic carbocycles. The fourth-order valence-corrected chi connectivity index (χ4v) is 1.06. The second-order valence-corrected chi connectivity index (χ2v) is 3.08. The minimum Gasteiger partial charge on any atom is -0.360 e. The second-order valence-electron chi connectivity index (χ2n) is 3.08. The smallest absolute Gasteiger partial charge is 0.319 e. The summed E-state index contributed by atoms with van der Waals surface area (Å²) in [6.07, 6.45) is 0. The molecule has 1 fully saturated rings. The lowest BCUT2D eigenvalue weighted by atomic mass is 9.87. The van der Waals surface area contributed by atoms with Gasteiger partial charge in [0, 0.05) is 0 Å². The Morgan fingerprint density at radius 2 is 1.64 bits per heavy atom. The minimum atomic E-state index is -3.62. The largest absolute Gasteiger partial charge is 0.360 e. The third kappa shape index (κ3) is 1.06. The second kappa shape index (κ2) is 2.72. The Labute approximate surface area is 77.6 Å². The first-order valence-corrected chi connectivity index (χ1v) is 3.60. The molecule has 14 heavy (non-hydrogen) atoms. The highest BCUT2D eigenvalue weighted by molar-refractivity contribution is 6.02. The summed E-state index contributed by atoms with van der Waals surface area (Å²) < 4.78 is 0. The normalized spacial score (nSPS) is 30.7. The van der Waals surface area contributed by atoms with Crippen molar-refractivity contribution in [2.24, 2.45) is 5.92 Å². The van der Waals surface area contributed by atoms with Crippen LogP contribution < -0.4 is 0 Å². The molecule has 0 radical (unpaired) electrons. The van der Waals surface area contributed by atoms with Crippen LogP contribution in [0.15, 0.2) is 0 Å². The zero-order valence-electron chi connectivity index (χ0n) is 7.08. The van der Waals surface area contributed by atoms with Crippen LogP contribution in [0.2, 0.25) is 0 Å². The Bertz CT molecular complexity index is 297. The summed E-state index contributed by atoms with van der Waals surface area (Å²) in [6, 6.07) is 0. The van der Waals surface area contributed by atoms with Crippen molar-refractivity contribution in [3.8, 4) is 0 Å². The third-order valence-corrected chi connectivity index (χ3v) is 2.19. The number of aliphatic hydroxyl groups is 4. The molecule has 1 saturated heterocycles. The van der Waals surface area contributed by atoms with Crippen molar-refractivity contribution in [3.05, 3.63) is 0 Å². The molecule has 8 heteroatoms. The molecule has 1 heterocycles. The van der Waals surface area contributed by atoms with Crippen molar-refractivity contribution >= 4 is 11.8 Å². The van der Waals surface area contributed by atoms with E-state index < -0.39 is 34.4 Å². The van der Waals surface area contributed by atoms with E-state index in [1.54, 1.807) is 0 Å². The molecule has 1 aliphatic rings. The SMILES string of the molecule is CC1C(=O)N(O)C(=O)C(O)(O)C1(O)O. The van der Waals surface area contributed by atoms with Crippen LogP contribution in [0, 0.1) is 5.92 Å². The van der Waals surface area contributed by atoms with Gasteiger partial charge in [-0.15, -0.1) is 0 Å². The Hall–Kier alpha value is -1.06. The Kier molecular flexibility index (Phi) is 2.14. The summed E-state index contributed by atoms with van der Waals surface area (Å²) in [5.41, 5.74) is 0. The average Bonchev–Trinajstić information content (AvgIpc) is 2.10. The molecular weight excluding hydrogens is 198 g/mol. The van der Waals surface area contributed by atoms with Crippen LogP contribution in [0.3, 0.4) is 0 Å². The summed E-state index contributed by atoms with van der Waals surface area (Å²) in [7, 11) is 0. The molecule has 0 saturated carbocycles. The number of carbonyl (C=O) groups excluding carboxylic acids is 2. The maximum absolute atomic E-state index is 11.0. The van der Waals surface area contributed by atoms with Gasteiger partial charge in [0.2, 0.25) is 5.79 Å². The van der Waals surface area contributed by atoms with Crippen LogP contribution in [0.25, 0.3) is 0 Å². The average molecular weight is 207 g/mol. The molecule has 2 amide bonds. The quantitative estimate of drug-likeness (QED) is 0.159. The first kappa shape index (κ1) is 11.0. The van der Waals surface area contributed by atoms with E-state index in [1.165, 1.54) is 0 Å².